The zero-order chi connectivity index (χ0) is 20.5. The van der Waals surface area contributed by atoms with E-state index in [4.69, 9.17) is 11.6 Å². The molecule has 7 heteroatoms. The third-order valence-electron chi connectivity index (χ3n) is 4.98. The smallest absolute Gasteiger partial charge is 0.264 e. The molecule has 0 unspecified atom stereocenters. The van der Waals surface area contributed by atoms with Gasteiger partial charge in [0.25, 0.3) is 10.0 Å². The molecule has 0 aliphatic carbocycles. The van der Waals surface area contributed by atoms with E-state index in [0.29, 0.717) is 17.9 Å². The van der Waals surface area contributed by atoms with Crippen LogP contribution in [0.5, 0.6) is 0 Å². The van der Waals surface area contributed by atoms with Crippen LogP contribution in [0.2, 0.25) is 0 Å². The second kappa shape index (κ2) is 7.76. The number of carbonyl (C=O) groups excluding carboxylic acids is 1. The summed E-state index contributed by atoms with van der Waals surface area (Å²) in [4.78, 5) is 12.7. The Kier molecular flexibility index (Phi) is 5.73. The van der Waals surface area contributed by atoms with Crippen molar-refractivity contribution in [3.8, 4) is 0 Å². The molecule has 1 N–H and O–H groups in total. The van der Waals surface area contributed by atoms with Crippen molar-refractivity contribution in [1.82, 2.24) is 0 Å². The summed E-state index contributed by atoms with van der Waals surface area (Å²) < 4.78 is 27.9. The van der Waals surface area contributed by atoms with Crippen LogP contribution < -0.4 is 9.62 Å². The number of benzene rings is 2. The molecule has 0 aromatic heterocycles. The van der Waals surface area contributed by atoms with Gasteiger partial charge in [-0.15, -0.1) is 11.6 Å². The van der Waals surface area contributed by atoms with Crippen molar-refractivity contribution in [2.75, 3.05) is 22.0 Å². The van der Waals surface area contributed by atoms with Gasteiger partial charge in [-0.05, 0) is 63.4 Å². The highest BCUT2D eigenvalue weighted by Gasteiger charge is 2.30. The third-order valence-corrected chi connectivity index (χ3v) is 7.47. The van der Waals surface area contributed by atoms with Crippen LogP contribution in [0, 0.1) is 12.3 Å². The molecule has 3 rings (SSSR count). The monoisotopic (exact) mass is 420 g/mol. The molecular weight excluding hydrogens is 396 g/mol. The second-order valence-electron chi connectivity index (χ2n) is 7.81. The van der Waals surface area contributed by atoms with Gasteiger partial charge in [0.15, 0.2) is 0 Å². The SMILES string of the molecule is Cc1ccc(S(=O)(=O)N2CCCc3ccc(NC(=O)C(C)(C)CCl)cc32)cc1. The average molecular weight is 421 g/mol. The lowest BCUT2D eigenvalue weighted by molar-refractivity contribution is -0.122. The summed E-state index contributed by atoms with van der Waals surface area (Å²) >= 11 is 5.88. The van der Waals surface area contributed by atoms with Gasteiger partial charge >= 0.3 is 0 Å². The van der Waals surface area contributed by atoms with Gasteiger partial charge in [0.2, 0.25) is 5.91 Å². The van der Waals surface area contributed by atoms with Crippen LogP contribution in [-0.4, -0.2) is 26.7 Å². The Morgan fingerprint density at radius 1 is 1.18 bits per heavy atom. The van der Waals surface area contributed by atoms with Crippen molar-refractivity contribution in [2.24, 2.45) is 5.41 Å². The maximum atomic E-state index is 13.2. The molecule has 0 radical (unpaired) electrons. The predicted octanol–water partition coefficient (Wildman–Crippen LogP) is 4.34. The zero-order valence-corrected chi connectivity index (χ0v) is 17.9. The largest absolute Gasteiger partial charge is 0.326 e. The average Bonchev–Trinajstić information content (AvgIpc) is 2.67. The van der Waals surface area contributed by atoms with E-state index in [1.807, 2.05) is 19.1 Å². The highest BCUT2D eigenvalue weighted by molar-refractivity contribution is 7.92. The summed E-state index contributed by atoms with van der Waals surface area (Å²) in [6.07, 6.45) is 1.56. The Hall–Kier alpha value is -2.05. The summed E-state index contributed by atoms with van der Waals surface area (Å²) in [6, 6.07) is 12.3. The van der Waals surface area contributed by atoms with E-state index in [0.717, 1.165) is 24.0 Å². The highest BCUT2D eigenvalue weighted by atomic mass is 35.5. The standard InChI is InChI=1S/C21H25ClN2O3S/c1-15-6-10-18(11-7-15)28(26,27)24-12-4-5-16-8-9-17(13-19(16)24)23-20(25)21(2,3)14-22/h6-11,13H,4-5,12,14H2,1-3H3,(H,23,25). The molecule has 1 aliphatic rings. The summed E-state index contributed by atoms with van der Waals surface area (Å²) in [5.41, 5.74) is 2.42. The summed E-state index contributed by atoms with van der Waals surface area (Å²) in [5, 5.41) is 2.86. The van der Waals surface area contributed by atoms with Crippen molar-refractivity contribution in [3.05, 3.63) is 53.6 Å². The normalized spacial score (nSPS) is 14.5. The first-order chi connectivity index (χ1) is 13.1. The van der Waals surface area contributed by atoms with Gasteiger partial charge < -0.3 is 5.32 Å². The molecule has 1 aliphatic heterocycles. The van der Waals surface area contributed by atoms with Crippen LogP contribution in [0.4, 0.5) is 11.4 Å². The van der Waals surface area contributed by atoms with Crippen molar-refractivity contribution in [1.29, 1.82) is 0 Å². The molecule has 0 saturated carbocycles. The molecule has 150 valence electrons. The number of carbonyl (C=O) groups is 1. The van der Waals surface area contributed by atoms with E-state index < -0.39 is 15.4 Å². The van der Waals surface area contributed by atoms with Crippen LogP contribution in [0.15, 0.2) is 47.4 Å². The van der Waals surface area contributed by atoms with Crippen LogP contribution in [0.1, 0.15) is 31.4 Å². The van der Waals surface area contributed by atoms with Crippen LogP contribution in [0.3, 0.4) is 0 Å². The lowest BCUT2D eigenvalue weighted by Gasteiger charge is -2.31. The third kappa shape index (κ3) is 4.03. The minimum atomic E-state index is -3.67. The Morgan fingerprint density at radius 2 is 1.86 bits per heavy atom. The number of aryl methyl sites for hydroxylation is 2. The van der Waals surface area contributed by atoms with E-state index in [1.165, 1.54) is 4.31 Å². The number of fused-ring (bicyclic) bond motifs is 1. The van der Waals surface area contributed by atoms with Gasteiger partial charge in [-0.1, -0.05) is 23.8 Å². The highest BCUT2D eigenvalue weighted by Crippen LogP contribution is 2.34. The van der Waals surface area contributed by atoms with Crippen LogP contribution >= 0.6 is 11.6 Å². The molecular formula is C21H25ClN2O3S. The quantitative estimate of drug-likeness (QED) is 0.731. The second-order valence-corrected chi connectivity index (χ2v) is 9.94. The topological polar surface area (TPSA) is 66.5 Å². The first kappa shape index (κ1) is 20.7. The maximum Gasteiger partial charge on any atom is 0.264 e. The molecule has 0 bridgehead atoms. The van der Waals surface area contributed by atoms with E-state index in [9.17, 15) is 13.2 Å². The Morgan fingerprint density at radius 3 is 2.50 bits per heavy atom. The fraction of sp³-hybridized carbons (Fsp3) is 0.381. The van der Waals surface area contributed by atoms with Gasteiger partial charge in [-0.2, -0.15) is 0 Å². The van der Waals surface area contributed by atoms with Crippen molar-refractivity contribution in [2.45, 2.75) is 38.5 Å². The molecule has 2 aromatic rings. The molecule has 1 amide bonds. The van der Waals surface area contributed by atoms with E-state index >= 15 is 0 Å². The molecule has 0 atom stereocenters. The lowest BCUT2D eigenvalue weighted by Crippen LogP contribution is -2.36. The number of nitrogens with one attached hydrogen (secondary N) is 1. The van der Waals surface area contributed by atoms with Gasteiger partial charge in [-0.25, -0.2) is 8.42 Å². The maximum absolute atomic E-state index is 13.2. The van der Waals surface area contributed by atoms with E-state index in [1.54, 1.807) is 44.2 Å². The van der Waals surface area contributed by atoms with E-state index in [2.05, 4.69) is 5.32 Å². The van der Waals surface area contributed by atoms with Crippen molar-refractivity contribution in [3.63, 3.8) is 0 Å². The summed E-state index contributed by atoms with van der Waals surface area (Å²) in [5.74, 6) is -0.0104. The molecule has 1 heterocycles. The summed E-state index contributed by atoms with van der Waals surface area (Å²) in [6.45, 7) is 5.86. The number of rotatable bonds is 5. The van der Waals surface area contributed by atoms with Gasteiger partial charge in [-0.3, -0.25) is 9.10 Å². The predicted molar refractivity (Wildman–Crippen MR) is 114 cm³/mol. The number of hydrogen-bond acceptors (Lipinski definition) is 3. The lowest BCUT2D eigenvalue weighted by atomic mass is 9.95. The van der Waals surface area contributed by atoms with Gasteiger partial charge in [0.1, 0.15) is 0 Å². The van der Waals surface area contributed by atoms with Crippen LogP contribution in [0.25, 0.3) is 0 Å². The van der Waals surface area contributed by atoms with E-state index in [-0.39, 0.29) is 16.7 Å². The van der Waals surface area contributed by atoms with Gasteiger partial charge in [0, 0.05) is 18.1 Å². The molecule has 28 heavy (non-hydrogen) atoms. The number of nitrogens with zero attached hydrogens (tertiary/aromatic N) is 1. The van der Waals surface area contributed by atoms with Crippen molar-refractivity contribution >= 4 is 38.9 Å². The number of halogens is 1. The summed E-state index contributed by atoms with van der Waals surface area (Å²) in [7, 11) is -3.67. The Bertz CT molecular complexity index is 985. The molecule has 0 saturated heterocycles. The minimum Gasteiger partial charge on any atom is -0.326 e. The van der Waals surface area contributed by atoms with Crippen molar-refractivity contribution < 1.29 is 13.2 Å². The Balaban J connectivity index is 1.96. The fourth-order valence-electron chi connectivity index (χ4n) is 3.07. The molecule has 2 aromatic carbocycles. The number of hydrogen-bond donors (Lipinski definition) is 1. The minimum absolute atomic E-state index is 0.192. The zero-order valence-electron chi connectivity index (χ0n) is 16.3. The Labute approximate surface area is 171 Å². The number of sulfonamides is 1. The number of anilines is 2. The van der Waals surface area contributed by atoms with Crippen LogP contribution in [-0.2, 0) is 21.2 Å². The molecule has 0 fully saturated rings. The van der Waals surface area contributed by atoms with Gasteiger partial charge in [0.05, 0.1) is 16.0 Å². The fourth-order valence-corrected chi connectivity index (χ4v) is 4.72. The molecule has 0 spiro atoms. The molecule has 5 nitrogen and oxygen atoms in total. The number of amides is 1. The number of alkyl halides is 1. The first-order valence-corrected chi connectivity index (χ1v) is 11.2. The first-order valence-electron chi connectivity index (χ1n) is 9.25.